The monoisotopic (exact) mass is 381 g/mol. The van der Waals surface area contributed by atoms with Gasteiger partial charge in [0.2, 0.25) is 0 Å². The number of nitrogens with two attached hydrogens (primary N) is 1. The zero-order valence-electron chi connectivity index (χ0n) is 13.8. The van der Waals surface area contributed by atoms with Gasteiger partial charge in [0.15, 0.2) is 0 Å². The number of rotatable bonds is 2. The lowest BCUT2D eigenvalue weighted by Gasteiger charge is -2.14. The molecule has 1 aromatic heterocycles. The van der Waals surface area contributed by atoms with Gasteiger partial charge in [-0.2, -0.15) is 5.26 Å². The van der Waals surface area contributed by atoms with E-state index < -0.39 is 0 Å². The maximum atomic E-state index is 9.68. The Morgan fingerprint density at radius 2 is 1.92 bits per heavy atom. The third-order valence-corrected chi connectivity index (χ3v) is 5.12. The molecular formula is C20H13Cl2N3O. The summed E-state index contributed by atoms with van der Waals surface area (Å²) in [7, 11) is 1.63. The van der Waals surface area contributed by atoms with Crippen LogP contribution in [0.1, 0.15) is 16.7 Å². The van der Waals surface area contributed by atoms with E-state index in [-0.39, 0.29) is 5.82 Å². The molecule has 0 atom stereocenters. The number of hydrogen-bond acceptors (Lipinski definition) is 4. The lowest BCUT2D eigenvalue weighted by atomic mass is 9.94. The fourth-order valence-corrected chi connectivity index (χ4v) is 3.91. The number of pyridine rings is 1. The maximum Gasteiger partial charge on any atom is 0.142 e. The second-order valence-corrected chi connectivity index (χ2v) is 6.85. The largest absolute Gasteiger partial charge is 0.497 e. The minimum absolute atomic E-state index is 0.191. The summed E-state index contributed by atoms with van der Waals surface area (Å²) in [5.74, 6) is 0.965. The Bertz CT molecular complexity index is 1100. The highest BCUT2D eigenvalue weighted by molar-refractivity contribution is 6.36. The van der Waals surface area contributed by atoms with E-state index in [1.54, 1.807) is 19.2 Å². The van der Waals surface area contributed by atoms with Crippen molar-refractivity contribution in [2.45, 2.75) is 6.42 Å². The lowest BCUT2D eigenvalue weighted by molar-refractivity contribution is 0.414. The molecule has 128 valence electrons. The molecule has 1 heterocycles. The normalized spacial score (nSPS) is 11.6. The molecule has 1 aliphatic carbocycles. The van der Waals surface area contributed by atoms with Crippen LogP contribution in [0, 0.1) is 11.3 Å². The second kappa shape index (κ2) is 6.21. The molecule has 0 spiro atoms. The summed E-state index contributed by atoms with van der Waals surface area (Å²) in [5.41, 5.74) is 11.6. The van der Waals surface area contributed by atoms with Crippen LogP contribution in [0.15, 0.2) is 36.4 Å². The number of ether oxygens (including phenoxy) is 1. The van der Waals surface area contributed by atoms with E-state index in [1.807, 2.05) is 24.3 Å². The van der Waals surface area contributed by atoms with Crippen LogP contribution in [-0.4, -0.2) is 12.1 Å². The predicted molar refractivity (Wildman–Crippen MR) is 104 cm³/mol. The molecule has 1 aliphatic rings. The van der Waals surface area contributed by atoms with Crippen molar-refractivity contribution in [3.8, 4) is 34.2 Å². The average Bonchev–Trinajstić information content (AvgIpc) is 2.98. The van der Waals surface area contributed by atoms with Crippen LogP contribution in [0.2, 0.25) is 10.0 Å². The number of halogens is 2. The van der Waals surface area contributed by atoms with Gasteiger partial charge in [0.1, 0.15) is 23.2 Å². The van der Waals surface area contributed by atoms with Crippen molar-refractivity contribution in [3.63, 3.8) is 0 Å². The van der Waals surface area contributed by atoms with Crippen molar-refractivity contribution in [2.75, 3.05) is 12.8 Å². The van der Waals surface area contributed by atoms with E-state index in [1.165, 1.54) is 0 Å². The topological polar surface area (TPSA) is 71.9 Å². The lowest BCUT2D eigenvalue weighted by Crippen LogP contribution is -2.02. The molecule has 6 heteroatoms. The van der Waals surface area contributed by atoms with E-state index in [9.17, 15) is 5.26 Å². The molecule has 0 radical (unpaired) electrons. The number of aromatic nitrogens is 1. The number of nitriles is 1. The van der Waals surface area contributed by atoms with E-state index in [0.29, 0.717) is 27.6 Å². The Hall–Kier alpha value is -2.74. The van der Waals surface area contributed by atoms with Crippen molar-refractivity contribution in [1.29, 1.82) is 5.26 Å². The molecule has 0 fully saturated rings. The SMILES string of the molecule is COc1ccc2c(c1)Cc1c-2nc(N)c(C#N)c1-c1ccc(Cl)cc1Cl. The summed E-state index contributed by atoms with van der Waals surface area (Å²) in [6.45, 7) is 0. The summed E-state index contributed by atoms with van der Waals surface area (Å²) in [5, 5.41) is 10.7. The van der Waals surface area contributed by atoms with Gasteiger partial charge in [-0.05, 0) is 41.5 Å². The molecule has 3 aromatic rings. The zero-order valence-corrected chi connectivity index (χ0v) is 15.3. The van der Waals surface area contributed by atoms with Gasteiger partial charge in [-0.1, -0.05) is 29.3 Å². The Balaban J connectivity index is 2.02. The predicted octanol–water partition coefficient (Wildman–Crippen LogP) is 5.09. The van der Waals surface area contributed by atoms with Crippen LogP contribution in [0.4, 0.5) is 5.82 Å². The molecule has 0 saturated heterocycles. The van der Waals surface area contributed by atoms with Gasteiger partial charge >= 0.3 is 0 Å². The smallest absolute Gasteiger partial charge is 0.142 e. The first-order chi connectivity index (χ1) is 12.5. The summed E-state index contributed by atoms with van der Waals surface area (Å²) < 4.78 is 5.32. The molecule has 0 bridgehead atoms. The molecular weight excluding hydrogens is 369 g/mol. The molecule has 2 aromatic carbocycles. The first-order valence-corrected chi connectivity index (χ1v) is 8.64. The molecule has 4 rings (SSSR count). The molecule has 0 amide bonds. The Morgan fingerprint density at radius 3 is 2.62 bits per heavy atom. The van der Waals surface area contributed by atoms with E-state index in [2.05, 4.69) is 11.1 Å². The Kier molecular flexibility index (Phi) is 3.99. The number of benzene rings is 2. The van der Waals surface area contributed by atoms with Crippen molar-refractivity contribution in [1.82, 2.24) is 4.98 Å². The third-order valence-electron chi connectivity index (χ3n) is 4.57. The van der Waals surface area contributed by atoms with Gasteiger partial charge < -0.3 is 10.5 Å². The van der Waals surface area contributed by atoms with E-state index in [0.717, 1.165) is 33.7 Å². The van der Waals surface area contributed by atoms with Gasteiger partial charge in [-0.25, -0.2) is 4.98 Å². The first-order valence-electron chi connectivity index (χ1n) is 7.88. The van der Waals surface area contributed by atoms with Crippen LogP contribution in [0.3, 0.4) is 0 Å². The quantitative estimate of drug-likeness (QED) is 0.524. The third kappa shape index (κ3) is 2.48. The Labute approximate surface area is 160 Å². The highest BCUT2D eigenvalue weighted by Crippen LogP contribution is 2.46. The van der Waals surface area contributed by atoms with Gasteiger partial charge in [0, 0.05) is 33.2 Å². The van der Waals surface area contributed by atoms with E-state index in [4.69, 9.17) is 33.7 Å². The Morgan fingerprint density at radius 1 is 1.15 bits per heavy atom. The average molecular weight is 382 g/mol. The molecule has 0 aliphatic heterocycles. The standard InChI is InChI=1S/C20H13Cl2N3O/c1-26-12-3-5-13-10(6-12)7-15-18(14-4-2-11(21)8-17(14)22)16(9-23)20(24)25-19(13)15/h2-6,8H,7H2,1H3,(H2,24,25). The van der Waals surface area contributed by atoms with Crippen LogP contribution in [0.25, 0.3) is 22.4 Å². The molecule has 4 nitrogen and oxygen atoms in total. The van der Waals surface area contributed by atoms with Crippen molar-refractivity contribution in [3.05, 3.63) is 63.1 Å². The highest BCUT2D eigenvalue weighted by atomic mass is 35.5. The number of nitrogens with zero attached hydrogens (tertiary/aromatic N) is 2. The molecule has 2 N–H and O–H groups in total. The summed E-state index contributed by atoms with van der Waals surface area (Å²) in [6.07, 6.45) is 0.623. The van der Waals surface area contributed by atoms with Crippen molar-refractivity contribution >= 4 is 29.0 Å². The van der Waals surface area contributed by atoms with Crippen LogP contribution in [-0.2, 0) is 6.42 Å². The number of methoxy groups -OCH3 is 1. The van der Waals surface area contributed by atoms with Crippen LogP contribution >= 0.6 is 23.2 Å². The van der Waals surface area contributed by atoms with Crippen molar-refractivity contribution < 1.29 is 4.74 Å². The van der Waals surface area contributed by atoms with Gasteiger partial charge in [-0.15, -0.1) is 0 Å². The van der Waals surface area contributed by atoms with Gasteiger partial charge in [0.25, 0.3) is 0 Å². The zero-order chi connectivity index (χ0) is 18.4. The number of anilines is 1. The summed E-state index contributed by atoms with van der Waals surface area (Å²) in [6, 6.07) is 13.2. The fraction of sp³-hybridized carbons (Fsp3) is 0.100. The summed E-state index contributed by atoms with van der Waals surface area (Å²) >= 11 is 12.5. The van der Waals surface area contributed by atoms with Gasteiger partial charge in [-0.3, -0.25) is 0 Å². The molecule has 0 saturated carbocycles. The van der Waals surface area contributed by atoms with Crippen LogP contribution in [0.5, 0.6) is 5.75 Å². The van der Waals surface area contributed by atoms with Crippen LogP contribution < -0.4 is 10.5 Å². The molecule has 26 heavy (non-hydrogen) atoms. The number of hydrogen-bond donors (Lipinski definition) is 1. The number of nitrogen functional groups attached to an aromatic ring is 1. The fourth-order valence-electron chi connectivity index (χ4n) is 3.40. The maximum absolute atomic E-state index is 9.68. The minimum Gasteiger partial charge on any atom is -0.497 e. The second-order valence-electron chi connectivity index (χ2n) is 6.01. The summed E-state index contributed by atoms with van der Waals surface area (Å²) in [4.78, 5) is 4.50. The van der Waals surface area contributed by atoms with Crippen molar-refractivity contribution in [2.24, 2.45) is 0 Å². The van der Waals surface area contributed by atoms with E-state index >= 15 is 0 Å². The number of fused-ring (bicyclic) bond motifs is 3. The highest BCUT2D eigenvalue weighted by Gasteiger charge is 2.28. The van der Waals surface area contributed by atoms with Gasteiger partial charge in [0.05, 0.1) is 12.8 Å². The first kappa shape index (κ1) is 16.7. The minimum atomic E-state index is 0.191. The molecule has 0 unspecified atom stereocenters.